The molecule has 0 spiro atoms. The van der Waals surface area contributed by atoms with E-state index in [4.69, 9.17) is 0 Å². The fraction of sp³-hybridized carbons (Fsp3) is 0.389. The number of rotatable bonds is 4. The van der Waals surface area contributed by atoms with Crippen LogP contribution in [0.25, 0.3) is 10.9 Å². The van der Waals surface area contributed by atoms with Crippen molar-refractivity contribution in [3.63, 3.8) is 0 Å². The zero-order chi connectivity index (χ0) is 17.4. The van der Waals surface area contributed by atoms with E-state index in [1.165, 1.54) is 0 Å². The van der Waals surface area contributed by atoms with E-state index in [-0.39, 0.29) is 18.4 Å². The molecule has 1 unspecified atom stereocenters. The number of hydrogen-bond acceptors (Lipinski definition) is 3. The number of aromatic nitrogens is 1. The van der Waals surface area contributed by atoms with Gasteiger partial charge in [-0.05, 0) is 24.5 Å². The molecule has 4 amide bonds. The third kappa shape index (κ3) is 2.86. The number of H-pyrrole nitrogens is 1. The molecule has 1 atom stereocenters. The lowest BCUT2D eigenvalue weighted by atomic mass is 10.1. The molecule has 3 heterocycles. The molecule has 0 bridgehead atoms. The smallest absolute Gasteiger partial charge is 0.325 e. The van der Waals surface area contributed by atoms with Crippen LogP contribution >= 0.6 is 0 Å². The van der Waals surface area contributed by atoms with Crippen molar-refractivity contribution in [3.05, 3.63) is 36.0 Å². The van der Waals surface area contributed by atoms with Crippen LogP contribution in [0.15, 0.2) is 30.5 Å². The molecule has 25 heavy (non-hydrogen) atoms. The van der Waals surface area contributed by atoms with E-state index in [1.54, 1.807) is 4.90 Å². The Morgan fingerprint density at radius 2 is 1.92 bits per heavy atom. The molecule has 130 valence electrons. The van der Waals surface area contributed by atoms with Gasteiger partial charge in [-0.1, -0.05) is 18.2 Å². The molecular formula is C18H20N4O3. The molecule has 0 aliphatic carbocycles. The Labute approximate surface area is 145 Å². The number of para-hydroxylation sites is 1. The van der Waals surface area contributed by atoms with Gasteiger partial charge in [-0.2, -0.15) is 0 Å². The number of nitrogens with one attached hydrogen (secondary N) is 2. The van der Waals surface area contributed by atoms with Crippen LogP contribution in [-0.4, -0.2) is 58.3 Å². The lowest BCUT2D eigenvalue weighted by Crippen LogP contribution is -2.42. The lowest BCUT2D eigenvalue weighted by molar-refractivity contribution is -0.136. The topological polar surface area (TPSA) is 85.5 Å². The summed E-state index contributed by atoms with van der Waals surface area (Å²) in [4.78, 5) is 42.9. The maximum Gasteiger partial charge on any atom is 0.325 e. The molecule has 7 nitrogen and oxygen atoms in total. The molecule has 2 aliphatic heterocycles. The predicted molar refractivity (Wildman–Crippen MR) is 91.8 cm³/mol. The van der Waals surface area contributed by atoms with E-state index >= 15 is 0 Å². The lowest BCUT2D eigenvalue weighted by Gasteiger charge is -2.19. The van der Waals surface area contributed by atoms with E-state index in [9.17, 15) is 14.4 Å². The van der Waals surface area contributed by atoms with Gasteiger partial charge in [0, 0.05) is 36.6 Å². The molecule has 0 radical (unpaired) electrons. The molecule has 7 heteroatoms. The van der Waals surface area contributed by atoms with Crippen LogP contribution in [0.5, 0.6) is 0 Å². The van der Waals surface area contributed by atoms with E-state index in [2.05, 4.69) is 10.3 Å². The number of benzene rings is 1. The molecule has 2 saturated heterocycles. The summed E-state index contributed by atoms with van der Waals surface area (Å²) in [5, 5.41) is 3.74. The highest BCUT2D eigenvalue weighted by molar-refractivity contribution is 6.06. The number of aromatic amines is 1. The van der Waals surface area contributed by atoms with Crippen LogP contribution in [0, 0.1) is 0 Å². The Kier molecular flexibility index (Phi) is 3.91. The van der Waals surface area contributed by atoms with Crippen molar-refractivity contribution in [2.24, 2.45) is 0 Å². The number of likely N-dealkylation sites (tertiary alicyclic amines) is 1. The van der Waals surface area contributed by atoms with Crippen molar-refractivity contribution in [2.45, 2.75) is 25.3 Å². The summed E-state index contributed by atoms with van der Waals surface area (Å²) in [6, 6.07) is 6.72. The van der Waals surface area contributed by atoms with E-state index < -0.39 is 12.1 Å². The molecule has 2 fully saturated rings. The van der Waals surface area contributed by atoms with Crippen molar-refractivity contribution in [1.82, 2.24) is 20.1 Å². The van der Waals surface area contributed by atoms with E-state index in [0.29, 0.717) is 19.5 Å². The van der Waals surface area contributed by atoms with Gasteiger partial charge in [0.05, 0.1) is 0 Å². The van der Waals surface area contributed by atoms with Gasteiger partial charge in [0.25, 0.3) is 5.91 Å². The SMILES string of the molecule is O=C(CN1C(=O)NC(Cc2c[nH]c3ccccc23)C1=O)N1CCCC1. The summed E-state index contributed by atoms with van der Waals surface area (Å²) in [6.45, 7) is 1.25. The zero-order valence-electron chi connectivity index (χ0n) is 13.8. The van der Waals surface area contributed by atoms with Gasteiger partial charge < -0.3 is 15.2 Å². The number of urea groups is 1. The Morgan fingerprint density at radius 3 is 2.72 bits per heavy atom. The minimum atomic E-state index is -0.627. The summed E-state index contributed by atoms with van der Waals surface area (Å²) in [6.07, 6.45) is 4.23. The molecule has 2 N–H and O–H groups in total. The van der Waals surface area contributed by atoms with Crippen LogP contribution in [0.2, 0.25) is 0 Å². The number of hydrogen-bond donors (Lipinski definition) is 2. The Balaban J connectivity index is 1.46. The molecular weight excluding hydrogens is 320 g/mol. The van der Waals surface area contributed by atoms with Crippen LogP contribution in [0.4, 0.5) is 4.79 Å². The van der Waals surface area contributed by atoms with Crippen molar-refractivity contribution < 1.29 is 14.4 Å². The predicted octanol–water partition coefficient (Wildman–Crippen LogP) is 1.25. The first-order valence-corrected chi connectivity index (χ1v) is 8.58. The highest BCUT2D eigenvalue weighted by atomic mass is 16.2. The van der Waals surface area contributed by atoms with Crippen molar-refractivity contribution in [3.8, 4) is 0 Å². The van der Waals surface area contributed by atoms with Gasteiger partial charge in [-0.15, -0.1) is 0 Å². The summed E-state index contributed by atoms with van der Waals surface area (Å²) < 4.78 is 0. The van der Waals surface area contributed by atoms with E-state index in [1.807, 2.05) is 30.5 Å². The number of carbonyl (C=O) groups is 3. The minimum Gasteiger partial charge on any atom is -0.361 e. The fourth-order valence-electron chi connectivity index (χ4n) is 3.59. The van der Waals surface area contributed by atoms with Gasteiger partial charge >= 0.3 is 6.03 Å². The van der Waals surface area contributed by atoms with Gasteiger partial charge in [-0.25, -0.2) is 4.79 Å². The fourth-order valence-corrected chi connectivity index (χ4v) is 3.59. The highest BCUT2D eigenvalue weighted by Gasteiger charge is 2.40. The zero-order valence-corrected chi connectivity index (χ0v) is 13.8. The average molecular weight is 340 g/mol. The van der Waals surface area contributed by atoms with Gasteiger partial charge in [0.2, 0.25) is 5.91 Å². The highest BCUT2D eigenvalue weighted by Crippen LogP contribution is 2.21. The first-order chi connectivity index (χ1) is 12.1. The molecule has 1 aromatic carbocycles. The Bertz CT molecular complexity index is 838. The Morgan fingerprint density at radius 1 is 1.16 bits per heavy atom. The maximum atomic E-state index is 12.6. The number of nitrogens with zero attached hydrogens (tertiary/aromatic N) is 2. The van der Waals surface area contributed by atoms with Gasteiger partial charge in [0.15, 0.2) is 0 Å². The van der Waals surface area contributed by atoms with Crippen LogP contribution < -0.4 is 5.32 Å². The Hall–Kier alpha value is -2.83. The monoisotopic (exact) mass is 340 g/mol. The number of imide groups is 1. The van der Waals surface area contributed by atoms with Gasteiger partial charge in [-0.3, -0.25) is 14.5 Å². The second kappa shape index (κ2) is 6.23. The number of fused-ring (bicyclic) bond motifs is 1. The molecule has 2 aromatic rings. The average Bonchev–Trinajstić information content (AvgIpc) is 3.33. The summed E-state index contributed by atoms with van der Waals surface area (Å²) >= 11 is 0. The maximum absolute atomic E-state index is 12.6. The summed E-state index contributed by atoms with van der Waals surface area (Å²) in [5.41, 5.74) is 1.97. The normalized spacial score (nSPS) is 20.6. The number of amides is 4. The second-order valence-electron chi connectivity index (χ2n) is 6.58. The summed E-state index contributed by atoms with van der Waals surface area (Å²) in [5.74, 6) is -0.489. The molecule has 2 aliphatic rings. The first-order valence-electron chi connectivity index (χ1n) is 8.58. The van der Waals surface area contributed by atoms with Gasteiger partial charge in [0.1, 0.15) is 12.6 Å². The third-order valence-electron chi connectivity index (χ3n) is 4.96. The van der Waals surface area contributed by atoms with E-state index in [0.717, 1.165) is 34.2 Å². The van der Waals surface area contributed by atoms with Crippen molar-refractivity contribution >= 4 is 28.7 Å². The van der Waals surface area contributed by atoms with Crippen LogP contribution in [0.1, 0.15) is 18.4 Å². The molecule has 0 saturated carbocycles. The largest absolute Gasteiger partial charge is 0.361 e. The van der Waals surface area contributed by atoms with Crippen LogP contribution in [0.3, 0.4) is 0 Å². The standard InChI is InChI=1S/C18H20N4O3/c23-16(21-7-3-4-8-21)11-22-17(24)15(20-18(22)25)9-12-10-19-14-6-2-1-5-13(12)14/h1-2,5-6,10,15,19H,3-4,7-9,11H2,(H,20,25). The quantitative estimate of drug-likeness (QED) is 0.822. The molecule has 4 rings (SSSR count). The third-order valence-corrected chi connectivity index (χ3v) is 4.96. The van der Waals surface area contributed by atoms with Crippen molar-refractivity contribution in [1.29, 1.82) is 0 Å². The minimum absolute atomic E-state index is 0.159. The molecule has 1 aromatic heterocycles. The summed E-state index contributed by atoms with van der Waals surface area (Å²) in [7, 11) is 0. The van der Waals surface area contributed by atoms with Crippen LogP contribution in [-0.2, 0) is 16.0 Å². The second-order valence-corrected chi connectivity index (χ2v) is 6.58. The van der Waals surface area contributed by atoms with Crippen molar-refractivity contribution in [2.75, 3.05) is 19.6 Å². The number of carbonyl (C=O) groups excluding carboxylic acids is 3. The first kappa shape index (κ1) is 15.7.